The second kappa shape index (κ2) is 4.75. The molecule has 3 nitrogen and oxygen atoms in total. The zero-order valence-electron chi connectivity index (χ0n) is 12.1. The van der Waals surface area contributed by atoms with Crippen molar-refractivity contribution >= 4 is 6.16 Å². The first-order valence-corrected chi connectivity index (χ1v) is 7.05. The van der Waals surface area contributed by atoms with Gasteiger partial charge in [-0.15, -0.1) is 0 Å². The smallest absolute Gasteiger partial charge is 0.434 e. The van der Waals surface area contributed by atoms with Crippen LogP contribution in [0.4, 0.5) is 4.79 Å². The highest BCUT2D eigenvalue weighted by atomic mass is 16.7. The van der Waals surface area contributed by atoms with Gasteiger partial charge in [0.15, 0.2) is 0 Å². The summed E-state index contributed by atoms with van der Waals surface area (Å²) < 4.78 is 10.3. The monoisotopic (exact) mass is 254 g/mol. The highest BCUT2D eigenvalue weighted by molar-refractivity contribution is 5.59. The molecule has 2 saturated carbocycles. The van der Waals surface area contributed by atoms with Crippen LogP contribution >= 0.6 is 0 Å². The van der Waals surface area contributed by atoms with Crippen LogP contribution in [0, 0.1) is 22.7 Å². The minimum Gasteiger partial charge on any atom is -0.434 e. The second-order valence-corrected chi connectivity index (χ2v) is 7.75. The number of carbonyl (C=O) groups is 1. The van der Waals surface area contributed by atoms with Crippen molar-refractivity contribution in [2.24, 2.45) is 22.7 Å². The average molecular weight is 254 g/mol. The van der Waals surface area contributed by atoms with E-state index in [0.717, 1.165) is 25.7 Å². The van der Waals surface area contributed by atoms with Crippen molar-refractivity contribution in [1.29, 1.82) is 0 Å². The Hall–Kier alpha value is -0.730. The minimum atomic E-state index is -0.482. The van der Waals surface area contributed by atoms with Crippen LogP contribution in [0.15, 0.2) is 0 Å². The largest absolute Gasteiger partial charge is 0.508 e. The predicted octanol–water partition coefficient (Wildman–Crippen LogP) is 4.01. The second-order valence-electron chi connectivity index (χ2n) is 7.75. The number of rotatable bonds is 4. The summed E-state index contributed by atoms with van der Waals surface area (Å²) in [5.41, 5.74) is 0.880. The fourth-order valence-electron chi connectivity index (χ4n) is 3.66. The van der Waals surface area contributed by atoms with Crippen molar-refractivity contribution in [2.75, 3.05) is 13.2 Å². The van der Waals surface area contributed by atoms with Gasteiger partial charge in [0, 0.05) is 0 Å². The van der Waals surface area contributed by atoms with Crippen molar-refractivity contribution in [3.8, 4) is 0 Å². The lowest BCUT2D eigenvalue weighted by molar-refractivity contribution is -0.0213. The van der Waals surface area contributed by atoms with Gasteiger partial charge >= 0.3 is 6.16 Å². The summed E-state index contributed by atoms with van der Waals surface area (Å²) in [4.78, 5) is 11.4. The first-order valence-electron chi connectivity index (χ1n) is 7.05. The molecule has 0 heterocycles. The van der Waals surface area contributed by atoms with Crippen LogP contribution in [0.25, 0.3) is 0 Å². The molecule has 18 heavy (non-hydrogen) atoms. The molecule has 0 aromatic carbocycles. The molecule has 0 aliphatic heterocycles. The molecular formula is C15H26O3. The molecule has 0 aromatic heterocycles. The summed E-state index contributed by atoms with van der Waals surface area (Å²) in [7, 11) is 0. The van der Waals surface area contributed by atoms with Crippen molar-refractivity contribution in [3.63, 3.8) is 0 Å². The van der Waals surface area contributed by atoms with Crippen LogP contribution in [0.1, 0.15) is 53.4 Å². The summed E-state index contributed by atoms with van der Waals surface area (Å²) in [6, 6.07) is 0. The fourth-order valence-corrected chi connectivity index (χ4v) is 3.66. The highest BCUT2D eigenvalue weighted by Crippen LogP contribution is 2.45. The standard InChI is InChI=1S/C15H26O3/c1-14(2)5-11(6-14)9-17-13(16)18-10-12-7-15(3,4)8-12/h11-12H,5-10H2,1-4H3. The topological polar surface area (TPSA) is 35.5 Å². The Morgan fingerprint density at radius 1 is 0.889 bits per heavy atom. The van der Waals surface area contributed by atoms with Crippen LogP contribution in [0.5, 0.6) is 0 Å². The van der Waals surface area contributed by atoms with E-state index in [4.69, 9.17) is 9.47 Å². The van der Waals surface area contributed by atoms with Gasteiger partial charge in [-0.2, -0.15) is 0 Å². The normalized spacial score (nSPS) is 26.0. The molecule has 2 aliphatic rings. The van der Waals surface area contributed by atoms with Crippen LogP contribution in [-0.2, 0) is 9.47 Å². The van der Waals surface area contributed by atoms with E-state index in [9.17, 15) is 4.79 Å². The molecule has 104 valence electrons. The van der Waals surface area contributed by atoms with E-state index in [1.807, 2.05) is 0 Å². The van der Waals surface area contributed by atoms with E-state index in [-0.39, 0.29) is 0 Å². The predicted molar refractivity (Wildman–Crippen MR) is 70.3 cm³/mol. The molecule has 0 saturated heterocycles. The zero-order valence-corrected chi connectivity index (χ0v) is 12.1. The Morgan fingerprint density at radius 3 is 1.50 bits per heavy atom. The van der Waals surface area contributed by atoms with E-state index in [1.54, 1.807) is 0 Å². The molecule has 2 aliphatic carbocycles. The van der Waals surface area contributed by atoms with E-state index in [2.05, 4.69) is 27.7 Å². The molecule has 0 aromatic rings. The molecule has 0 radical (unpaired) electrons. The number of ether oxygens (including phenoxy) is 2. The van der Waals surface area contributed by atoms with Gasteiger partial charge in [0.2, 0.25) is 0 Å². The Balaban J connectivity index is 1.51. The zero-order chi connectivity index (χ0) is 13.4. The van der Waals surface area contributed by atoms with Crippen LogP contribution in [0.3, 0.4) is 0 Å². The Labute approximate surface area is 110 Å². The SMILES string of the molecule is CC1(C)CC(COC(=O)OCC2CC(C)(C)C2)C1. The summed E-state index contributed by atoms with van der Waals surface area (Å²) >= 11 is 0. The van der Waals surface area contributed by atoms with E-state index < -0.39 is 6.16 Å². The van der Waals surface area contributed by atoms with Crippen LogP contribution in [-0.4, -0.2) is 19.4 Å². The molecule has 0 amide bonds. The first-order chi connectivity index (χ1) is 8.26. The average Bonchev–Trinajstić information content (AvgIpc) is 2.17. The Kier molecular flexibility index (Phi) is 3.61. The maximum absolute atomic E-state index is 11.4. The first kappa shape index (κ1) is 13.7. The third-order valence-corrected chi connectivity index (χ3v) is 4.24. The third-order valence-electron chi connectivity index (χ3n) is 4.24. The van der Waals surface area contributed by atoms with Crippen molar-refractivity contribution in [1.82, 2.24) is 0 Å². The van der Waals surface area contributed by atoms with Gasteiger partial charge in [-0.25, -0.2) is 4.79 Å². The van der Waals surface area contributed by atoms with Gasteiger partial charge < -0.3 is 9.47 Å². The molecule has 2 rings (SSSR count). The van der Waals surface area contributed by atoms with Gasteiger partial charge in [0.05, 0.1) is 13.2 Å². The lowest BCUT2D eigenvalue weighted by atomic mass is 9.65. The number of hydrogen-bond donors (Lipinski definition) is 0. The minimum absolute atomic E-state index is 0.440. The fraction of sp³-hybridized carbons (Fsp3) is 0.933. The maximum Gasteiger partial charge on any atom is 0.508 e. The Bertz CT molecular complexity index is 274. The quantitative estimate of drug-likeness (QED) is 0.711. The van der Waals surface area contributed by atoms with Gasteiger partial charge in [0.25, 0.3) is 0 Å². The summed E-state index contributed by atoms with van der Waals surface area (Å²) in [5.74, 6) is 1.07. The Morgan fingerprint density at radius 2 is 1.22 bits per heavy atom. The van der Waals surface area contributed by atoms with Gasteiger partial charge in [0.1, 0.15) is 0 Å². The summed E-state index contributed by atoms with van der Waals surface area (Å²) in [5, 5.41) is 0. The van der Waals surface area contributed by atoms with E-state index in [0.29, 0.717) is 35.9 Å². The third kappa shape index (κ3) is 3.63. The van der Waals surface area contributed by atoms with Crippen molar-refractivity contribution in [2.45, 2.75) is 53.4 Å². The molecule has 0 spiro atoms. The van der Waals surface area contributed by atoms with E-state index in [1.165, 1.54) is 0 Å². The number of carbonyl (C=O) groups excluding carboxylic acids is 1. The van der Waals surface area contributed by atoms with Gasteiger partial charge in [-0.3, -0.25) is 0 Å². The van der Waals surface area contributed by atoms with Gasteiger partial charge in [-0.1, -0.05) is 27.7 Å². The molecule has 2 fully saturated rings. The van der Waals surface area contributed by atoms with Crippen LogP contribution < -0.4 is 0 Å². The summed E-state index contributed by atoms with van der Waals surface area (Å²) in [6.07, 6.45) is 4.12. The molecule has 0 atom stereocenters. The van der Waals surface area contributed by atoms with Gasteiger partial charge in [-0.05, 0) is 48.3 Å². The lowest BCUT2D eigenvalue weighted by Crippen LogP contribution is -2.36. The lowest BCUT2D eigenvalue weighted by Gasteiger charge is -2.42. The highest BCUT2D eigenvalue weighted by Gasteiger charge is 2.38. The maximum atomic E-state index is 11.4. The molecule has 0 N–H and O–H groups in total. The van der Waals surface area contributed by atoms with E-state index >= 15 is 0 Å². The molecule has 3 heteroatoms. The summed E-state index contributed by atoms with van der Waals surface area (Å²) in [6.45, 7) is 10.1. The molecule has 0 bridgehead atoms. The van der Waals surface area contributed by atoms with Crippen molar-refractivity contribution < 1.29 is 14.3 Å². The van der Waals surface area contributed by atoms with Crippen molar-refractivity contribution in [3.05, 3.63) is 0 Å². The number of hydrogen-bond acceptors (Lipinski definition) is 3. The van der Waals surface area contributed by atoms with Crippen LogP contribution in [0.2, 0.25) is 0 Å². The molecule has 0 unspecified atom stereocenters. The molecular weight excluding hydrogens is 228 g/mol.